The molecule has 10 rings (SSSR count). The highest BCUT2D eigenvalue weighted by Crippen LogP contribution is 2.78. The first kappa shape index (κ1) is 32.7. The van der Waals surface area contributed by atoms with E-state index >= 15 is 0 Å². The molecule has 4 saturated carbocycles. The fourth-order valence-corrected chi connectivity index (χ4v) is 12.8. The highest BCUT2D eigenvalue weighted by molar-refractivity contribution is 7.75. The first-order valence-corrected chi connectivity index (χ1v) is 19.8. The van der Waals surface area contributed by atoms with Crippen LogP contribution in [-0.4, -0.2) is 64.4 Å². The molecule has 8 unspecified atom stereocenters. The molecule has 2 heterocycles. The van der Waals surface area contributed by atoms with Crippen molar-refractivity contribution in [2.75, 3.05) is 26.8 Å². The first-order valence-electron chi connectivity index (χ1n) is 18.8. The number of fused-ring (bicyclic) bond motifs is 3. The molecule has 0 radical (unpaired) electrons. The molecule has 264 valence electrons. The number of benzene rings is 2. The van der Waals surface area contributed by atoms with Crippen LogP contribution in [-0.2, 0) is 49.1 Å². The van der Waals surface area contributed by atoms with Gasteiger partial charge in [0.2, 0.25) is 0 Å². The molecular formula is C41H53NO6S. The van der Waals surface area contributed by atoms with Crippen LogP contribution in [0.4, 0.5) is 0 Å². The van der Waals surface area contributed by atoms with Crippen LogP contribution in [0.25, 0.3) is 0 Å². The van der Waals surface area contributed by atoms with E-state index < -0.39 is 28.0 Å². The van der Waals surface area contributed by atoms with Crippen LogP contribution < -0.4 is 4.74 Å². The fourth-order valence-electron chi connectivity index (χ4n) is 11.8. The first-order chi connectivity index (χ1) is 23.5. The number of likely N-dealkylation sites (tertiary alicyclic amines) is 1. The van der Waals surface area contributed by atoms with Gasteiger partial charge in [-0.15, -0.1) is 0 Å². The number of phenolic OH excluding ortho intramolecular Hbond substituents is 1. The summed E-state index contributed by atoms with van der Waals surface area (Å²) in [5.74, 6) is 1.61. The molecule has 2 aromatic carbocycles. The van der Waals surface area contributed by atoms with Crippen LogP contribution in [0.2, 0.25) is 0 Å². The zero-order chi connectivity index (χ0) is 34.0. The second-order valence-electron chi connectivity index (χ2n) is 17.6. The fraction of sp³-hybridized carbons (Fsp3) is 0.659. The van der Waals surface area contributed by atoms with Gasteiger partial charge in [0.1, 0.15) is 11.7 Å². The van der Waals surface area contributed by atoms with Crippen molar-refractivity contribution in [1.29, 1.82) is 0 Å². The maximum Gasteiger partial charge on any atom is 0.305 e. The molecule has 8 heteroatoms. The summed E-state index contributed by atoms with van der Waals surface area (Å²) >= 11 is -1.95. The van der Waals surface area contributed by atoms with Crippen LogP contribution in [0, 0.1) is 22.7 Å². The summed E-state index contributed by atoms with van der Waals surface area (Å²) in [6, 6.07) is 13.0. The number of hydrogen-bond donors (Lipinski definition) is 1. The van der Waals surface area contributed by atoms with Crippen molar-refractivity contribution in [2.45, 2.75) is 121 Å². The van der Waals surface area contributed by atoms with Gasteiger partial charge in [-0.25, -0.2) is 0 Å². The van der Waals surface area contributed by atoms with E-state index in [1.165, 1.54) is 47.2 Å². The van der Waals surface area contributed by atoms with Crippen molar-refractivity contribution in [1.82, 2.24) is 4.90 Å². The number of methoxy groups -OCH3 is 1. The van der Waals surface area contributed by atoms with Crippen molar-refractivity contribution in [2.24, 2.45) is 22.7 Å². The van der Waals surface area contributed by atoms with Gasteiger partial charge in [0.15, 0.2) is 11.5 Å². The third kappa shape index (κ3) is 4.49. The molecule has 1 saturated heterocycles. The van der Waals surface area contributed by atoms with Crippen LogP contribution in [0.3, 0.4) is 0 Å². The minimum atomic E-state index is -1.95. The molecule has 0 aromatic heterocycles. The minimum absolute atomic E-state index is 0.0657. The molecule has 7 nitrogen and oxygen atoms in total. The van der Waals surface area contributed by atoms with Crippen molar-refractivity contribution >= 4 is 11.4 Å². The molecule has 1 N–H and O–H groups in total. The molecule has 49 heavy (non-hydrogen) atoms. The Balaban J connectivity index is 1.04. The van der Waals surface area contributed by atoms with E-state index in [2.05, 4.69) is 69.0 Å². The third-order valence-corrected chi connectivity index (χ3v) is 15.6. The second kappa shape index (κ2) is 11.1. The van der Waals surface area contributed by atoms with Crippen LogP contribution in [0.5, 0.6) is 11.5 Å². The Hall–Kier alpha value is -2.23. The van der Waals surface area contributed by atoms with E-state index in [9.17, 15) is 9.32 Å². The highest BCUT2D eigenvalue weighted by Gasteiger charge is 2.82. The Kier molecular flexibility index (Phi) is 7.42. The van der Waals surface area contributed by atoms with Gasteiger partial charge in [0.25, 0.3) is 0 Å². The van der Waals surface area contributed by atoms with Crippen molar-refractivity contribution in [3.8, 4) is 11.5 Å². The Morgan fingerprint density at radius 3 is 2.59 bits per heavy atom. The molecule has 2 aromatic rings. The summed E-state index contributed by atoms with van der Waals surface area (Å²) in [5, 5.41) is 11.3. The zero-order valence-corrected chi connectivity index (χ0v) is 30.7. The van der Waals surface area contributed by atoms with Gasteiger partial charge in [-0.2, -0.15) is 4.21 Å². The molecule has 6 aliphatic carbocycles. The molecule has 4 bridgehead atoms. The molecule has 5 fully saturated rings. The summed E-state index contributed by atoms with van der Waals surface area (Å²) in [5.41, 5.74) is 4.43. The molecule has 2 spiro atoms. The van der Waals surface area contributed by atoms with E-state index in [-0.39, 0.29) is 28.6 Å². The van der Waals surface area contributed by atoms with E-state index in [1.807, 2.05) is 13.2 Å². The number of hydrogen-bond acceptors (Lipinski definition) is 7. The predicted octanol–water partition coefficient (Wildman–Crippen LogP) is 7.15. The van der Waals surface area contributed by atoms with Crippen molar-refractivity contribution in [3.63, 3.8) is 0 Å². The van der Waals surface area contributed by atoms with Crippen LogP contribution in [0.15, 0.2) is 48.0 Å². The van der Waals surface area contributed by atoms with Crippen molar-refractivity contribution in [3.05, 3.63) is 70.3 Å². The second-order valence-corrected chi connectivity index (χ2v) is 18.4. The van der Waals surface area contributed by atoms with Gasteiger partial charge >= 0.3 is 11.4 Å². The summed E-state index contributed by atoms with van der Waals surface area (Å²) in [6.45, 7) is 11.3. The van der Waals surface area contributed by atoms with Crippen LogP contribution in [0.1, 0.15) is 94.9 Å². The SMILES string of the molecule is COC12CCC3(CC1C(C)(OS(=O)OCCC1=CCc4ccccc4C1)C(C)(C)C)C1Cc4ccc(O)c5c4C3(CCN1CC1CC1)C2O5. The highest BCUT2D eigenvalue weighted by atomic mass is 32.2. The maximum atomic E-state index is 13.9. The molecule has 8 atom stereocenters. The van der Waals surface area contributed by atoms with E-state index in [0.29, 0.717) is 18.4 Å². The Morgan fingerprint density at radius 2 is 1.84 bits per heavy atom. The number of phenols is 1. The summed E-state index contributed by atoms with van der Waals surface area (Å²) in [6.07, 6.45) is 12.1. The number of piperidine rings is 1. The monoisotopic (exact) mass is 687 g/mol. The largest absolute Gasteiger partial charge is 0.504 e. The number of rotatable bonds is 10. The Bertz CT molecular complexity index is 1730. The third-order valence-electron chi connectivity index (χ3n) is 14.8. The average molecular weight is 688 g/mol. The normalized spacial score (nSPS) is 35.9. The van der Waals surface area contributed by atoms with Gasteiger partial charge in [-0.1, -0.05) is 62.8 Å². The molecule has 8 aliphatic rings. The zero-order valence-electron chi connectivity index (χ0n) is 29.9. The number of ether oxygens (including phenoxy) is 2. The standard InChI is InChI=1S/C41H53NO6S/c1-37(2,3)38(4,48-49(44)46-21-16-26-12-13-28-8-6-7-9-29(28)22-26)32-24-39-17-18-41(32,45-5)36-40(39)19-20-42(25-27-10-11-27)33(39)23-30-14-15-31(43)35(47-36)34(30)40/h6-9,12,14-15,27,32-33,36,43H,10-11,13,16-25H2,1-5H3. The molecule has 2 aliphatic heterocycles. The summed E-state index contributed by atoms with van der Waals surface area (Å²) in [4.78, 5) is 2.82. The topological polar surface area (TPSA) is 77.5 Å². The van der Waals surface area contributed by atoms with E-state index in [4.69, 9.17) is 17.8 Å². The van der Waals surface area contributed by atoms with Gasteiger partial charge in [-0.3, -0.25) is 13.3 Å². The van der Waals surface area contributed by atoms with Gasteiger partial charge in [0, 0.05) is 42.0 Å². The van der Waals surface area contributed by atoms with E-state index in [1.54, 1.807) is 0 Å². The average Bonchev–Trinajstić information content (AvgIpc) is 3.83. The smallest absolute Gasteiger partial charge is 0.305 e. The van der Waals surface area contributed by atoms with Gasteiger partial charge < -0.3 is 14.6 Å². The Labute approximate surface area is 294 Å². The lowest BCUT2D eigenvalue weighted by atomic mass is 9.33. The summed E-state index contributed by atoms with van der Waals surface area (Å²) < 4.78 is 40.6. The molecular weight excluding hydrogens is 635 g/mol. The molecule has 0 amide bonds. The quantitative estimate of drug-likeness (QED) is 0.266. The van der Waals surface area contributed by atoms with Gasteiger partial charge in [-0.05, 0) is 112 Å². The summed E-state index contributed by atoms with van der Waals surface area (Å²) in [7, 11) is 1.84. The maximum absolute atomic E-state index is 13.9. The lowest BCUT2D eigenvalue weighted by Crippen LogP contribution is -2.83. The van der Waals surface area contributed by atoms with E-state index in [0.717, 1.165) is 63.8 Å². The minimum Gasteiger partial charge on any atom is -0.504 e. The number of allylic oxidation sites excluding steroid dienone is 1. The number of nitrogens with zero attached hydrogens (tertiary/aromatic N) is 1. The van der Waals surface area contributed by atoms with Crippen LogP contribution >= 0.6 is 0 Å². The van der Waals surface area contributed by atoms with Gasteiger partial charge in [0.05, 0.1) is 12.2 Å². The lowest BCUT2D eigenvalue weighted by Gasteiger charge is -2.75. The Morgan fingerprint density at radius 1 is 1.04 bits per heavy atom. The number of aromatic hydroxyl groups is 1. The van der Waals surface area contributed by atoms with Crippen molar-refractivity contribution < 1.29 is 27.2 Å². The lowest BCUT2D eigenvalue weighted by molar-refractivity contribution is -0.308. The predicted molar refractivity (Wildman–Crippen MR) is 190 cm³/mol.